The molecule has 4 heterocycles. The molecule has 7 N–H and O–H groups in total. The van der Waals surface area contributed by atoms with Gasteiger partial charge in [0.05, 0.1) is 32.6 Å². The molecule has 58 heavy (non-hydrogen) atoms. The van der Waals surface area contributed by atoms with E-state index in [0.29, 0.717) is 86.2 Å². The molecule has 306 valence electrons. The summed E-state index contributed by atoms with van der Waals surface area (Å²) in [5.41, 5.74) is 18.7. The number of hydrogen-bond acceptors (Lipinski definition) is 11. The number of pyridine rings is 2. The summed E-state index contributed by atoms with van der Waals surface area (Å²) in [6.07, 6.45) is 5.21. The first-order valence-electron chi connectivity index (χ1n) is 18.4. The molecule has 3 aromatic carbocycles. The molecule has 1 atom stereocenters. The van der Waals surface area contributed by atoms with Gasteiger partial charge >= 0.3 is 0 Å². The predicted molar refractivity (Wildman–Crippen MR) is 216 cm³/mol. The average Bonchev–Trinajstić information content (AvgIpc) is 3.21. The monoisotopic (exact) mass is 797 g/mol. The van der Waals surface area contributed by atoms with Crippen molar-refractivity contribution in [2.24, 2.45) is 11.7 Å². The Kier molecular flexibility index (Phi) is 14.5. The van der Waals surface area contributed by atoms with Crippen LogP contribution in [0.2, 0.25) is 0 Å². The van der Waals surface area contributed by atoms with E-state index in [0.717, 1.165) is 46.2 Å². The number of nitrogens with two attached hydrogens (primary N) is 2. The van der Waals surface area contributed by atoms with Crippen LogP contribution in [0.3, 0.4) is 0 Å². The smallest absolute Gasteiger partial charge is 0.291 e. The lowest BCUT2D eigenvalue weighted by Crippen LogP contribution is -2.33. The third-order valence-electron chi connectivity index (χ3n) is 9.88. The molecule has 2 saturated heterocycles. The maximum atomic E-state index is 14.0. The molecule has 16 nitrogen and oxygen atoms in total. The highest BCUT2D eigenvalue weighted by Crippen LogP contribution is 2.36. The Labute approximate surface area is 334 Å². The molecular formula is C42H47N5O11. The van der Waals surface area contributed by atoms with Crippen molar-refractivity contribution in [3.05, 3.63) is 117 Å². The quantitative estimate of drug-likeness (QED) is 0.119. The van der Waals surface area contributed by atoms with E-state index in [1.807, 2.05) is 90.5 Å². The fraction of sp³-hybridized carbons (Fsp3) is 0.310. The molecule has 0 aliphatic carbocycles. The lowest BCUT2D eigenvalue weighted by Gasteiger charge is -2.26. The molecule has 2 aliphatic rings. The molecule has 1 amide bonds. The Morgan fingerprint density at radius 1 is 0.914 bits per heavy atom. The van der Waals surface area contributed by atoms with Gasteiger partial charge in [0.25, 0.3) is 11.0 Å². The fourth-order valence-electron chi connectivity index (χ4n) is 6.95. The molecule has 5 aromatic rings. The molecular weight excluding hydrogens is 750 g/mol. The summed E-state index contributed by atoms with van der Waals surface area (Å²) in [7, 11) is 1.60. The molecule has 2 fully saturated rings. The number of nitrogen functional groups attached to an aromatic ring is 1. The second-order valence-electron chi connectivity index (χ2n) is 13.8. The fourth-order valence-corrected chi connectivity index (χ4v) is 6.95. The molecule has 0 saturated carbocycles. The van der Waals surface area contributed by atoms with E-state index in [4.69, 9.17) is 50.5 Å². The van der Waals surface area contributed by atoms with Crippen molar-refractivity contribution in [3.8, 4) is 56.1 Å². The Morgan fingerprint density at radius 2 is 1.55 bits per heavy atom. The first-order chi connectivity index (χ1) is 27.5. The van der Waals surface area contributed by atoms with Gasteiger partial charge in [0, 0.05) is 48.8 Å². The molecule has 2 aromatic heterocycles. The van der Waals surface area contributed by atoms with Crippen molar-refractivity contribution in [2.45, 2.75) is 32.4 Å². The summed E-state index contributed by atoms with van der Waals surface area (Å²) in [6.45, 7) is 5.92. The predicted octanol–water partition coefficient (Wildman–Crippen LogP) is 4.96. The van der Waals surface area contributed by atoms with Crippen LogP contribution >= 0.6 is 0 Å². The number of nitrogens with zero attached hydrogens (tertiary/aromatic N) is 3. The molecule has 0 radical (unpaired) electrons. The minimum atomic E-state index is -1.50. The van der Waals surface area contributed by atoms with Gasteiger partial charge < -0.3 is 50.4 Å². The molecule has 16 heteroatoms. The number of anilines is 1. The van der Waals surface area contributed by atoms with Gasteiger partial charge in [0.2, 0.25) is 5.43 Å². The number of aromatic nitrogens is 2. The lowest BCUT2D eigenvalue weighted by molar-refractivity contribution is -0.742. The van der Waals surface area contributed by atoms with Gasteiger partial charge in [-0.1, -0.05) is 60.2 Å². The zero-order valence-electron chi connectivity index (χ0n) is 32.2. The maximum absolute atomic E-state index is 14.0. The Hall–Kier alpha value is -6.33. The largest absolute Gasteiger partial charge is 0.493 e. The minimum absolute atomic E-state index is 0. The summed E-state index contributed by atoms with van der Waals surface area (Å²) < 4.78 is 30.5. The van der Waals surface area contributed by atoms with Gasteiger partial charge in [0.15, 0.2) is 11.5 Å². The van der Waals surface area contributed by atoms with Crippen molar-refractivity contribution in [3.63, 3.8) is 0 Å². The van der Waals surface area contributed by atoms with Gasteiger partial charge in [-0.05, 0) is 66.1 Å². The van der Waals surface area contributed by atoms with Crippen molar-refractivity contribution >= 4 is 11.7 Å². The van der Waals surface area contributed by atoms with Crippen LogP contribution < -0.4 is 26.4 Å². The number of carbonyl (C=O) groups excluding carboxylic acids is 1. The van der Waals surface area contributed by atoms with E-state index in [2.05, 4.69) is 4.98 Å². The number of carbonyl (C=O) groups is 1. The standard InChI is InChI=1S/C42H44N4O7.HNO3.H2O/c1-26-3-5-29(6-4-26)35-23-46(22-27-13-15-50-16-14-27)39(38(40(35)47)42(44)48)30-9-7-28(8-10-30)34-19-32(21-45-41(34)43)31-11-12-36(37(20-31)49-2)53-25-33-24-51-17-18-52-33;2-1(3)4;/h3-12,19-21,23,27,33H,13-18,22,24-25H2,1-2H3,(H2,43,45)(H2,44,48);(H,2,3,4);1H2/t33-;;/m1../s1. The normalized spacial score (nSPS) is 15.3. The Balaban J connectivity index is 0.00000123. The van der Waals surface area contributed by atoms with Gasteiger partial charge in [-0.15, -0.1) is 10.1 Å². The summed E-state index contributed by atoms with van der Waals surface area (Å²) >= 11 is 0. The molecule has 0 spiro atoms. The first kappa shape index (κ1) is 42.8. The molecule has 0 bridgehead atoms. The first-order valence-corrected chi connectivity index (χ1v) is 18.4. The molecule has 2 aliphatic heterocycles. The van der Waals surface area contributed by atoms with Crippen molar-refractivity contribution in [1.29, 1.82) is 0 Å². The van der Waals surface area contributed by atoms with Crippen LogP contribution in [0.1, 0.15) is 28.8 Å². The summed E-state index contributed by atoms with van der Waals surface area (Å²) in [5.74, 6) is 1.08. The summed E-state index contributed by atoms with van der Waals surface area (Å²) in [5, 5.41) is 13.6. The van der Waals surface area contributed by atoms with Gasteiger partial charge in [-0.25, -0.2) is 4.98 Å². The topological polar surface area (TPSA) is 245 Å². The van der Waals surface area contributed by atoms with E-state index in [1.54, 1.807) is 13.3 Å². The number of ether oxygens (including phenoxy) is 5. The van der Waals surface area contributed by atoms with E-state index >= 15 is 0 Å². The molecule has 0 unspecified atom stereocenters. The van der Waals surface area contributed by atoms with E-state index in [1.165, 1.54) is 0 Å². The van der Waals surface area contributed by atoms with Crippen LogP contribution in [-0.2, 0) is 20.8 Å². The number of methoxy groups -OCH3 is 1. The molecule has 7 rings (SSSR count). The van der Waals surface area contributed by atoms with Gasteiger partial charge in [-0.3, -0.25) is 9.59 Å². The number of benzene rings is 3. The summed E-state index contributed by atoms with van der Waals surface area (Å²) in [6, 6.07) is 23.0. The third-order valence-corrected chi connectivity index (χ3v) is 9.88. The zero-order valence-corrected chi connectivity index (χ0v) is 32.2. The lowest BCUT2D eigenvalue weighted by atomic mass is 9.94. The van der Waals surface area contributed by atoms with Crippen LogP contribution in [-0.4, -0.2) is 84.1 Å². The number of primary amides is 1. The Morgan fingerprint density at radius 3 is 2.19 bits per heavy atom. The highest BCUT2D eigenvalue weighted by molar-refractivity contribution is 6.00. The number of hydrogen-bond donors (Lipinski definition) is 3. The van der Waals surface area contributed by atoms with E-state index in [-0.39, 0.29) is 17.1 Å². The van der Waals surface area contributed by atoms with Crippen LogP contribution in [0.4, 0.5) is 5.82 Å². The number of rotatable bonds is 11. The SMILES string of the molecule is COc1cc(-c2cnc(N)c(-c3ccc(-c4c(C(N)=O)c(=O)c(-c5ccc(C)cc5)cn4CC4CCOCC4)cc3)c2)ccc1OC[C@H]1COCCO1.O.O=[N+]([O-])O. The van der Waals surface area contributed by atoms with Gasteiger partial charge in [0.1, 0.15) is 24.1 Å². The van der Waals surface area contributed by atoms with Crippen LogP contribution in [0.5, 0.6) is 11.5 Å². The van der Waals surface area contributed by atoms with Gasteiger partial charge in [-0.2, -0.15) is 0 Å². The van der Waals surface area contributed by atoms with Crippen LogP contribution in [0.15, 0.2) is 90.0 Å². The van der Waals surface area contributed by atoms with E-state index < -0.39 is 16.4 Å². The Bertz CT molecular complexity index is 2250. The zero-order chi connectivity index (χ0) is 40.5. The van der Waals surface area contributed by atoms with E-state index in [9.17, 15) is 9.59 Å². The highest BCUT2D eigenvalue weighted by atomic mass is 16.9. The third kappa shape index (κ3) is 10.3. The number of aryl methyl sites for hydroxylation is 1. The van der Waals surface area contributed by atoms with Crippen LogP contribution in [0.25, 0.3) is 44.6 Å². The average molecular weight is 798 g/mol. The second-order valence-corrected chi connectivity index (χ2v) is 13.8. The van der Waals surface area contributed by atoms with Crippen molar-refractivity contribution in [2.75, 3.05) is 52.5 Å². The highest BCUT2D eigenvalue weighted by Gasteiger charge is 2.25. The minimum Gasteiger partial charge on any atom is -0.493 e. The number of amides is 1. The van der Waals surface area contributed by atoms with Crippen LogP contribution in [0, 0.1) is 23.0 Å². The second kappa shape index (κ2) is 19.7. The summed E-state index contributed by atoms with van der Waals surface area (Å²) in [4.78, 5) is 40.0. The van der Waals surface area contributed by atoms with Crippen molar-refractivity contribution in [1.82, 2.24) is 9.55 Å². The maximum Gasteiger partial charge on any atom is 0.291 e. The van der Waals surface area contributed by atoms with Crippen molar-refractivity contribution < 1.29 is 44.2 Å².